The third-order valence-corrected chi connectivity index (χ3v) is 4.78. The van der Waals surface area contributed by atoms with E-state index in [9.17, 15) is 4.79 Å². The molecule has 1 amide bonds. The van der Waals surface area contributed by atoms with E-state index in [1.807, 2.05) is 99.7 Å². The highest BCUT2D eigenvalue weighted by molar-refractivity contribution is 5.85. The average Bonchev–Trinajstić information content (AvgIpc) is 2.81. The van der Waals surface area contributed by atoms with Crippen molar-refractivity contribution in [2.75, 3.05) is 12.4 Å². The summed E-state index contributed by atoms with van der Waals surface area (Å²) >= 11 is 0. The molecule has 0 unspecified atom stereocenters. The number of hydrogen-bond donors (Lipinski definition) is 1. The van der Waals surface area contributed by atoms with Crippen LogP contribution >= 0.6 is 0 Å². The van der Waals surface area contributed by atoms with Crippen molar-refractivity contribution in [3.63, 3.8) is 0 Å². The lowest BCUT2D eigenvalue weighted by molar-refractivity contribution is 0.0636. The fourth-order valence-electron chi connectivity index (χ4n) is 3.12. The van der Waals surface area contributed by atoms with Crippen LogP contribution in [0.4, 0.5) is 10.5 Å². The summed E-state index contributed by atoms with van der Waals surface area (Å²) in [5.74, 6) is 0.768. The summed E-state index contributed by atoms with van der Waals surface area (Å²) in [6.45, 7) is 5.48. The Morgan fingerprint density at radius 2 is 1.41 bits per heavy atom. The van der Waals surface area contributed by atoms with E-state index >= 15 is 0 Å². The third-order valence-electron chi connectivity index (χ3n) is 4.78. The summed E-state index contributed by atoms with van der Waals surface area (Å²) < 4.78 is 10.8. The predicted molar refractivity (Wildman–Crippen MR) is 138 cm³/mol. The monoisotopic (exact) mass is 452 g/mol. The molecule has 0 spiro atoms. The molecule has 0 saturated carbocycles. The van der Waals surface area contributed by atoms with E-state index in [0.717, 1.165) is 28.0 Å². The number of carbonyl (C=O) groups is 1. The van der Waals surface area contributed by atoms with Crippen LogP contribution < -0.4 is 10.1 Å². The van der Waals surface area contributed by atoms with Gasteiger partial charge in [0, 0.05) is 11.3 Å². The number of methoxy groups -OCH3 is 1. The first-order chi connectivity index (χ1) is 16.3. The zero-order valence-electron chi connectivity index (χ0n) is 19.8. The molecule has 0 aliphatic rings. The van der Waals surface area contributed by atoms with Crippen LogP contribution in [0.15, 0.2) is 66.7 Å². The van der Waals surface area contributed by atoms with Gasteiger partial charge in [-0.15, -0.1) is 0 Å². The maximum Gasteiger partial charge on any atom is 0.412 e. The quantitative estimate of drug-likeness (QED) is 0.400. The van der Waals surface area contributed by atoms with Gasteiger partial charge < -0.3 is 9.47 Å². The second kappa shape index (κ2) is 11.0. The molecule has 0 aromatic heterocycles. The molecule has 0 aliphatic heterocycles. The van der Waals surface area contributed by atoms with E-state index < -0.39 is 11.7 Å². The fraction of sp³-hybridized carbons (Fsp3) is 0.172. The highest BCUT2D eigenvalue weighted by atomic mass is 16.6. The van der Waals surface area contributed by atoms with E-state index in [0.29, 0.717) is 11.3 Å². The lowest BCUT2D eigenvalue weighted by Gasteiger charge is -2.19. The first kappa shape index (κ1) is 24.3. The standard InChI is InChI=1S/C29H28N2O3/c1-29(2,3)34-28(32)31-26-17-13-22(14-18-26)5-8-23-12-16-25(27(19-23)33-4)15-11-21-6-9-24(20-30)10-7-21/h5-19H,1-4H3,(H,31,32). The van der Waals surface area contributed by atoms with Gasteiger partial charge in [-0.2, -0.15) is 5.26 Å². The van der Waals surface area contributed by atoms with Crippen LogP contribution in [0.3, 0.4) is 0 Å². The summed E-state index contributed by atoms with van der Waals surface area (Å²) in [7, 11) is 1.65. The van der Waals surface area contributed by atoms with Crippen LogP contribution in [0.1, 0.15) is 48.6 Å². The molecular weight excluding hydrogens is 424 g/mol. The van der Waals surface area contributed by atoms with E-state index in [1.54, 1.807) is 19.2 Å². The summed E-state index contributed by atoms with van der Waals surface area (Å²) in [6, 6.07) is 23.1. The summed E-state index contributed by atoms with van der Waals surface area (Å²) in [4.78, 5) is 11.9. The Balaban J connectivity index is 1.66. The highest BCUT2D eigenvalue weighted by Crippen LogP contribution is 2.24. The number of carbonyl (C=O) groups excluding carboxylic acids is 1. The molecule has 0 aliphatic carbocycles. The molecule has 3 aromatic carbocycles. The Bertz CT molecular complexity index is 1230. The molecule has 0 radical (unpaired) electrons. The number of hydrogen-bond acceptors (Lipinski definition) is 4. The second-order valence-electron chi connectivity index (χ2n) is 8.65. The van der Waals surface area contributed by atoms with Crippen molar-refractivity contribution in [1.82, 2.24) is 0 Å². The number of amides is 1. The van der Waals surface area contributed by atoms with Crippen molar-refractivity contribution in [3.05, 3.63) is 94.5 Å². The molecule has 172 valence electrons. The molecule has 5 nitrogen and oxygen atoms in total. The Labute approximate surface area is 201 Å². The topological polar surface area (TPSA) is 71.3 Å². The van der Waals surface area contributed by atoms with Gasteiger partial charge >= 0.3 is 6.09 Å². The maximum atomic E-state index is 11.9. The van der Waals surface area contributed by atoms with Crippen LogP contribution in [0, 0.1) is 11.3 Å². The van der Waals surface area contributed by atoms with E-state index in [2.05, 4.69) is 11.4 Å². The van der Waals surface area contributed by atoms with Crippen LogP contribution in [0.5, 0.6) is 5.75 Å². The number of benzene rings is 3. The molecule has 0 saturated heterocycles. The molecule has 1 N–H and O–H groups in total. The van der Waals surface area contributed by atoms with Gasteiger partial charge in [0.25, 0.3) is 0 Å². The van der Waals surface area contributed by atoms with Crippen molar-refractivity contribution in [1.29, 1.82) is 5.26 Å². The van der Waals surface area contributed by atoms with Crippen molar-refractivity contribution in [2.24, 2.45) is 0 Å². The molecular formula is C29H28N2O3. The summed E-state index contributed by atoms with van der Waals surface area (Å²) in [6.07, 6.45) is 7.51. The molecule has 3 aromatic rings. The molecule has 0 fully saturated rings. The zero-order chi connectivity index (χ0) is 24.6. The first-order valence-electron chi connectivity index (χ1n) is 10.9. The van der Waals surface area contributed by atoms with Gasteiger partial charge in [0.2, 0.25) is 0 Å². The average molecular weight is 453 g/mol. The van der Waals surface area contributed by atoms with Crippen LogP contribution in [0.25, 0.3) is 24.3 Å². The number of nitriles is 1. The number of rotatable bonds is 6. The summed E-state index contributed by atoms with van der Waals surface area (Å²) in [5, 5.41) is 11.6. The maximum absolute atomic E-state index is 11.9. The number of nitrogens with zero attached hydrogens (tertiary/aromatic N) is 1. The van der Waals surface area contributed by atoms with Crippen LogP contribution in [-0.4, -0.2) is 18.8 Å². The molecule has 5 heteroatoms. The number of nitrogens with one attached hydrogen (secondary N) is 1. The number of anilines is 1. The van der Waals surface area contributed by atoms with Crippen molar-refractivity contribution in [2.45, 2.75) is 26.4 Å². The second-order valence-corrected chi connectivity index (χ2v) is 8.65. The normalized spacial score (nSPS) is 11.4. The lowest BCUT2D eigenvalue weighted by Crippen LogP contribution is -2.27. The summed E-state index contributed by atoms with van der Waals surface area (Å²) in [5.41, 5.74) is 4.74. The molecule has 0 atom stereocenters. The van der Waals surface area contributed by atoms with Gasteiger partial charge in [0.15, 0.2) is 0 Å². The Morgan fingerprint density at radius 1 is 0.853 bits per heavy atom. The third kappa shape index (κ3) is 7.39. The van der Waals surface area contributed by atoms with E-state index in [4.69, 9.17) is 14.7 Å². The van der Waals surface area contributed by atoms with Gasteiger partial charge in [-0.1, -0.05) is 60.7 Å². The molecule has 34 heavy (non-hydrogen) atoms. The lowest BCUT2D eigenvalue weighted by atomic mass is 10.1. The minimum Gasteiger partial charge on any atom is -0.496 e. The van der Waals surface area contributed by atoms with Crippen LogP contribution in [-0.2, 0) is 4.74 Å². The van der Waals surface area contributed by atoms with E-state index in [1.165, 1.54) is 0 Å². The largest absolute Gasteiger partial charge is 0.496 e. The predicted octanol–water partition coefficient (Wildman–Crippen LogP) is 7.25. The van der Waals surface area contributed by atoms with Crippen molar-refractivity contribution >= 4 is 36.1 Å². The Morgan fingerprint density at radius 3 is 2.00 bits per heavy atom. The van der Waals surface area contributed by atoms with Crippen molar-refractivity contribution < 1.29 is 14.3 Å². The number of ether oxygens (including phenoxy) is 2. The zero-order valence-corrected chi connectivity index (χ0v) is 19.8. The first-order valence-corrected chi connectivity index (χ1v) is 10.9. The van der Waals surface area contributed by atoms with Gasteiger partial charge in [0.05, 0.1) is 18.7 Å². The van der Waals surface area contributed by atoms with Crippen LogP contribution in [0.2, 0.25) is 0 Å². The Kier molecular flexibility index (Phi) is 7.89. The molecule has 3 rings (SSSR count). The van der Waals surface area contributed by atoms with Gasteiger partial charge in [-0.3, -0.25) is 5.32 Å². The van der Waals surface area contributed by atoms with Gasteiger partial charge in [-0.05, 0) is 67.8 Å². The van der Waals surface area contributed by atoms with E-state index in [-0.39, 0.29) is 0 Å². The Hall–Kier alpha value is -4.30. The van der Waals surface area contributed by atoms with Crippen molar-refractivity contribution in [3.8, 4) is 11.8 Å². The highest BCUT2D eigenvalue weighted by Gasteiger charge is 2.16. The fourth-order valence-corrected chi connectivity index (χ4v) is 3.12. The smallest absolute Gasteiger partial charge is 0.412 e. The van der Waals surface area contributed by atoms with Gasteiger partial charge in [0.1, 0.15) is 11.4 Å². The minimum absolute atomic E-state index is 0.476. The molecule has 0 bridgehead atoms. The SMILES string of the molecule is COc1cc(C=Cc2ccc(NC(=O)OC(C)(C)C)cc2)ccc1C=Cc1ccc(C#N)cc1. The molecule has 0 heterocycles. The minimum atomic E-state index is -0.539. The van der Waals surface area contributed by atoms with Gasteiger partial charge in [-0.25, -0.2) is 4.79 Å².